The number of carbonyl (C=O) groups is 1. The molecule has 0 saturated heterocycles. The van der Waals surface area contributed by atoms with Gasteiger partial charge in [-0.15, -0.1) is 0 Å². The summed E-state index contributed by atoms with van der Waals surface area (Å²) in [6.45, 7) is 1.01. The van der Waals surface area contributed by atoms with Gasteiger partial charge in [0.15, 0.2) is 0 Å². The largest absolute Gasteiger partial charge is 0.351 e. The Bertz CT molecular complexity index is 380. The Morgan fingerprint density at radius 1 is 1.17 bits per heavy atom. The predicted molar refractivity (Wildman–Crippen MR) is 73.7 cm³/mol. The van der Waals surface area contributed by atoms with Gasteiger partial charge in [-0.3, -0.25) is 4.79 Å². The molecule has 3 nitrogen and oxygen atoms in total. The Hall–Kier alpha value is -1.35. The van der Waals surface area contributed by atoms with Crippen LogP contribution in [0.3, 0.4) is 0 Å². The molecule has 1 saturated carbocycles. The number of rotatable bonds is 4. The smallest absolute Gasteiger partial charge is 0.251 e. The molecule has 0 bridgehead atoms. The molecule has 0 heterocycles. The van der Waals surface area contributed by atoms with Crippen molar-refractivity contribution in [3.63, 3.8) is 0 Å². The molecule has 0 radical (unpaired) electrons. The summed E-state index contributed by atoms with van der Waals surface area (Å²) in [4.78, 5) is 11.7. The molecule has 3 heteroatoms. The number of nitrogens with two attached hydrogens (primary N) is 1. The molecule has 0 aromatic heterocycles. The third-order valence-corrected chi connectivity index (χ3v) is 3.68. The van der Waals surface area contributed by atoms with Crippen molar-refractivity contribution in [3.8, 4) is 0 Å². The lowest BCUT2D eigenvalue weighted by Gasteiger charge is -2.22. The highest BCUT2D eigenvalue weighted by molar-refractivity contribution is 5.94. The Balaban J connectivity index is 1.98. The summed E-state index contributed by atoms with van der Waals surface area (Å²) in [6, 6.07) is 8.06. The summed E-state index contributed by atoms with van der Waals surface area (Å²) in [6.07, 6.45) is 6.63. The van der Waals surface area contributed by atoms with Gasteiger partial charge in [0.2, 0.25) is 0 Å². The number of hydrogen-bond donors (Lipinski definition) is 2. The SMILES string of the molecule is NCCNC(=O)c1ccc(C2CCCCC2)cc1. The molecule has 0 atom stereocenters. The van der Waals surface area contributed by atoms with Crippen LogP contribution in [0.25, 0.3) is 0 Å². The molecule has 1 aromatic rings. The van der Waals surface area contributed by atoms with Crippen molar-refractivity contribution in [1.82, 2.24) is 5.32 Å². The first-order valence-electron chi connectivity index (χ1n) is 6.89. The van der Waals surface area contributed by atoms with Gasteiger partial charge in [0.25, 0.3) is 5.91 Å². The van der Waals surface area contributed by atoms with Crippen molar-refractivity contribution in [1.29, 1.82) is 0 Å². The van der Waals surface area contributed by atoms with Crippen molar-refractivity contribution < 1.29 is 4.79 Å². The van der Waals surface area contributed by atoms with Gasteiger partial charge in [-0.2, -0.15) is 0 Å². The lowest BCUT2D eigenvalue weighted by Crippen LogP contribution is -2.28. The first-order chi connectivity index (χ1) is 8.81. The Kier molecular flexibility index (Phi) is 4.76. The van der Waals surface area contributed by atoms with Crippen molar-refractivity contribution in [2.45, 2.75) is 38.0 Å². The van der Waals surface area contributed by atoms with E-state index in [1.165, 1.54) is 37.7 Å². The third-order valence-electron chi connectivity index (χ3n) is 3.68. The number of nitrogens with one attached hydrogen (secondary N) is 1. The quantitative estimate of drug-likeness (QED) is 0.857. The van der Waals surface area contributed by atoms with Crippen LogP contribution in [0.15, 0.2) is 24.3 Å². The highest BCUT2D eigenvalue weighted by atomic mass is 16.1. The maximum absolute atomic E-state index is 11.7. The summed E-state index contributed by atoms with van der Waals surface area (Å²) >= 11 is 0. The van der Waals surface area contributed by atoms with E-state index in [0.717, 1.165) is 5.56 Å². The van der Waals surface area contributed by atoms with Crippen LogP contribution in [0.4, 0.5) is 0 Å². The van der Waals surface area contributed by atoms with Gasteiger partial charge >= 0.3 is 0 Å². The molecule has 1 aliphatic rings. The second-order valence-electron chi connectivity index (χ2n) is 5.00. The maximum Gasteiger partial charge on any atom is 0.251 e. The summed E-state index contributed by atoms with van der Waals surface area (Å²) in [5.74, 6) is 0.663. The zero-order valence-corrected chi connectivity index (χ0v) is 10.8. The van der Waals surface area contributed by atoms with Gasteiger partial charge in [-0.25, -0.2) is 0 Å². The zero-order chi connectivity index (χ0) is 12.8. The molecule has 0 aliphatic heterocycles. The molecule has 0 unspecified atom stereocenters. The molecule has 1 amide bonds. The lowest BCUT2D eigenvalue weighted by molar-refractivity contribution is 0.0954. The van der Waals surface area contributed by atoms with Crippen LogP contribution in [0.5, 0.6) is 0 Å². The molecule has 0 spiro atoms. The summed E-state index contributed by atoms with van der Waals surface area (Å²) in [5.41, 5.74) is 7.47. The minimum absolute atomic E-state index is 0.0318. The Morgan fingerprint density at radius 3 is 2.44 bits per heavy atom. The monoisotopic (exact) mass is 246 g/mol. The van der Waals surface area contributed by atoms with Crippen LogP contribution in [-0.4, -0.2) is 19.0 Å². The first kappa shape index (κ1) is 13.1. The van der Waals surface area contributed by atoms with Gasteiger partial charge < -0.3 is 11.1 Å². The molecule has 98 valence electrons. The number of hydrogen-bond acceptors (Lipinski definition) is 2. The molecule has 18 heavy (non-hydrogen) atoms. The topological polar surface area (TPSA) is 55.1 Å². The van der Waals surface area contributed by atoms with E-state index in [1.807, 2.05) is 12.1 Å². The average molecular weight is 246 g/mol. The molecular formula is C15H22N2O. The van der Waals surface area contributed by atoms with Crippen LogP contribution >= 0.6 is 0 Å². The molecule has 1 aliphatic carbocycles. The van der Waals surface area contributed by atoms with Gasteiger partial charge in [0.1, 0.15) is 0 Å². The van der Waals surface area contributed by atoms with E-state index in [-0.39, 0.29) is 5.91 Å². The molecular weight excluding hydrogens is 224 g/mol. The minimum Gasteiger partial charge on any atom is -0.351 e. The number of amides is 1. The van der Waals surface area contributed by atoms with E-state index in [4.69, 9.17) is 5.73 Å². The van der Waals surface area contributed by atoms with Crippen LogP contribution in [0.1, 0.15) is 53.9 Å². The van der Waals surface area contributed by atoms with Crippen LogP contribution in [0, 0.1) is 0 Å². The standard InChI is InChI=1S/C15H22N2O/c16-10-11-17-15(18)14-8-6-13(7-9-14)12-4-2-1-3-5-12/h6-9,12H,1-5,10-11,16H2,(H,17,18). The fourth-order valence-corrected chi connectivity index (χ4v) is 2.63. The van der Waals surface area contributed by atoms with Crippen molar-refractivity contribution >= 4 is 5.91 Å². The van der Waals surface area contributed by atoms with Crippen LogP contribution in [0.2, 0.25) is 0 Å². The highest BCUT2D eigenvalue weighted by Gasteiger charge is 2.15. The van der Waals surface area contributed by atoms with E-state index in [0.29, 0.717) is 19.0 Å². The lowest BCUT2D eigenvalue weighted by atomic mass is 9.84. The summed E-state index contributed by atoms with van der Waals surface area (Å²) in [5, 5.41) is 2.78. The molecule has 1 fully saturated rings. The fraction of sp³-hybridized carbons (Fsp3) is 0.533. The predicted octanol–water partition coefficient (Wildman–Crippen LogP) is 2.42. The van der Waals surface area contributed by atoms with Gasteiger partial charge in [-0.1, -0.05) is 31.4 Å². The van der Waals surface area contributed by atoms with E-state index < -0.39 is 0 Å². The molecule has 1 aromatic carbocycles. The summed E-state index contributed by atoms with van der Waals surface area (Å²) in [7, 11) is 0. The van der Waals surface area contributed by atoms with Gasteiger partial charge in [0, 0.05) is 18.7 Å². The van der Waals surface area contributed by atoms with Crippen molar-refractivity contribution in [2.75, 3.05) is 13.1 Å². The van der Waals surface area contributed by atoms with Gasteiger partial charge in [-0.05, 0) is 36.5 Å². The van der Waals surface area contributed by atoms with E-state index >= 15 is 0 Å². The van der Waals surface area contributed by atoms with Crippen LogP contribution < -0.4 is 11.1 Å². The summed E-state index contributed by atoms with van der Waals surface area (Å²) < 4.78 is 0. The van der Waals surface area contributed by atoms with Gasteiger partial charge in [0.05, 0.1) is 0 Å². The van der Waals surface area contributed by atoms with E-state index in [1.54, 1.807) is 0 Å². The Morgan fingerprint density at radius 2 is 1.83 bits per heavy atom. The normalized spacial score (nSPS) is 16.5. The van der Waals surface area contributed by atoms with Crippen LogP contribution in [-0.2, 0) is 0 Å². The Labute approximate surface area is 109 Å². The minimum atomic E-state index is -0.0318. The van der Waals surface area contributed by atoms with Crippen molar-refractivity contribution in [3.05, 3.63) is 35.4 Å². The van der Waals surface area contributed by atoms with E-state index in [9.17, 15) is 4.79 Å². The fourth-order valence-electron chi connectivity index (χ4n) is 2.63. The second kappa shape index (κ2) is 6.55. The third kappa shape index (κ3) is 3.33. The highest BCUT2D eigenvalue weighted by Crippen LogP contribution is 2.32. The first-order valence-corrected chi connectivity index (χ1v) is 6.89. The zero-order valence-electron chi connectivity index (χ0n) is 10.8. The number of carbonyl (C=O) groups excluding carboxylic acids is 1. The number of benzene rings is 1. The van der Waals surface area contributed by atoms with E-state index in [2.05, 4.69) is 17.4 Å². The molecule has 3 N–H and O–H groups in total. The molecule has 2 rings (SSSR count). The second-order valence-corrected chi connectivity index (χ2v) is 5.00. The average Bonchev–Trinajstić information content (AvgIpc) is 2.46. The van der Waals surface area contributed by atoms with Crippen molar-refractivity contribution in [2.24, 2.45) is 5.73 Å². The maximum atomic E-state index is 11.7.